The molecular formula is C13H18ClN3. The molecule has 1 N–H and O–H groups in total. The van der Waals surface area contributed by atoms with E-state index in [-0.39, 0.29) is 0 Å². The standard InChI is InChI=1S/C13H18ClN3/c1-3-7-15-9-13-16-11-6-5-10(14)8-12(11)17(13)4-2/h5-6,8,15H,3-4,7,9H2,1-2H3. The highest BCUT2D eigenvalue weighted by Gasteiger charge is 2.09. The minimum Gasteiger partial charge on any atom is -0.327 e. The summed E-state index contributed by atoms with van der Waals surface area (Å²) in [4.78, 5) is 4.64. The van der Waals surface area contributed by atoms with E-state index in [2.05, 4.69) is 28.7 Å². The van der Waals surface area contributed by atoms with Crippen molar-refractivity contribution in [3.05, 3.63) is 29.0 Å². The van der Waals surface area contributed by atoms with Crippen LogP contribution in [-0.2, 0) is 13.1 Å². The van der Waals surface area contributed by atoms with Crippen LogP contribution in [0.3, 0.4) is 0 Å². The summed E-state index contributed by atoms with van der Waals surface area (Å²) in [5.74, 6) is 1.08. The molecule has 1 aromatic carbocycles. The Balaban J connectivity index is 2.35. The molecule has 0 aliphatic heterocycles. The third kappa shape index (κ3) is 2.61. The maximum atomic E-state index is 6.03. The van der Waals surface area contributed by atoms with E-state index in [4.69, 9.17) is 11.6 Å². The van der Waals surface area contributed by atoms with E-state index in [1.165, 1.54) is 0 Å². The molecule has 0 bridgehead atoms. The minimum absolute atomic E-state index is 0.764. The highest BCUT2D eigenvalue weighted by atomic mass is 35.5. The first-order chi connectivity index (χ1) is 8.26. The van der Waals surface area contributed by atoms with E-state index in [1.54, 1.807) is 0 Å². The number of benzene rings is 1. The van der Waals surface area contributed by atoms with Crippen LogP contribution < -0.4 is 5.32 Å². The van der Waals surface area contributed by atoms with Crippen LogP contribution in [0.2, 0.25) is 5.02 Å². The molecule has 3 nitrogen and oxygen atoms in total. The van der Waals surface area contributed by atoms with Gasteiger partial charge in [-0.25, -0.2) is 4.98 Å². The molecule has 1 heterocycles. The molecule has 2 aromatic rings. The molecule has 0 unspecified atom stereocenters. The molecule has 1 aromatic heterocycles. The number of hydrogen-bond donors (Lipinski definition) is 1. The molecule has 92 valence electrons. The Kier molecular flexibility index (Phi) is 4.02. The topological polar surface area (TPSA) is 29.9 Å². The maximum absolute atomic E-state index is 6.03. The van der Waals surface area contributed by atoms with Gasteiger partial charge in [-0.3, -0.25) is 0 Å². The van der Waals surface area contributed by atoms with Crippen LogP contribution in [-0.4, -0.2) is 16.1 Å². The van der Waals surface area contributed by atoms with Crippen molar-refractivity contribution >= 4 is 22.6 Å². The number of halogens is 1. The number of aryl methyl sites for hydroxylation is 1. The second-order valence-electron chi connectivity index (χ2n) is 4.08. The number of imidazole rings is 1. The van der Waals surface area contributed by atoms with Crippen molar-refractivity contribution < 1.29 is 0 Å². The van der Waals surface area contributed by atoms with Crippen molar-refractivity contribution in [1.82, 2.24) is 14.9 Å². The zero-order valence-corrected chi connectivity index (χ0v) is 11.1. The van der Waals surface area contributed by atoms with Gasteiger partial charge in [0.25, 0.3) is 0 Å². The smallest absolute Gasteiger partial charge is 0.123 e. The fourth-order valence-electron chi connectivity index (χ4n) is 2.01. The predicted molar refractivity (Wildman–Crippen MR) is 72.4 cm³/mol. The van der Waals surface area contributed by atoms with Gasteiger partial charge in [-0.2, -0.15) is 0 Å². The quantitative estimate of drug-likeness (QED) is 0.827. The summed E-state index contributed by atoms with van der Waals surface area (Å²) in [5.41, 5.74) is 2.14. The summed E-state index contributed by atoms with van der Waals surface area (Å²) in [7, 11) is 0. The van der Waals surface area contributed by atoms with Gasteiger partial charge in [0.05, 0.1) is 17.6 Å². The average molecular weight is 252 g/mol. The molecular weight excluding hydrogens is 234 g/mol. The van der Waals surface area contributed by atoms with E-state index in [0.717, 1.165) is 47.9 Å². The zero-order valence-electron chi connectivity index (χ0n) is 10.3. The second kappa shape index (κ2) is 5.52. The molecule has 0 atom stereocenters. The molecule has 0 aliphatic carbocycles. The summed E-state index contributed by atoms with van der Waals surface area (Å²) in [6.45, 7) is 7.04. The molecule has 0 amide bonds. The van der Waals surface area contributed by atoms with E-state index in [9.17, 15) is 0 Å². The number of aromatic nitrogens is 2. The first-order valence-electron chi connectivity index (χ1n) is 6.11. The lowest BCUT2D eigenvalue weighted by atomic mass is 10.3. The summed E-state index contributed by atoms with van der Waals surface area (Å²) < 4.78 is 2.21. The Morgan fingerprint density at radius 1 is 1.35 bits per heavy atom. The van der Waals surface area contributed by atoms with Crippen molar-refractivity contribution in [2.75, 3.05) is 6.54 Å². The largest absolute Gasteiger partial charge is 0.327 e. The average Bonchev–Trinajstić information content (AvgIpc) is 2.66. The third-order valence-electron chi connectivity index (χ3n) is 2.82. The highest BCUT2D eigenvalue weighted by Crippen LogP contribution is 2.20. The highest BCUT2D eigenvalue weighted by molar-refractivity contribution is 6.31. The second-order valence-corrected chi connectivity index (χ2v) is 4.52. The minimum atomic E-state index is 0.764. The first-order valence-corrected chi connectivity index (χ1v) is 6.49. The number of nitrogens with zero attached hydrogens (tertiary/aromatic N) is 2. The predicted octanol–water partition coefficient (Wildman–Crippen LogP) is 3.21. The fraction of sp³-hybridized carbons (Fsp3) is 0.462. The number of fused-ring (bicyclic) bond motifs is 1. The van der Waals surface area contributed by atoms with E-state index >= 15 is 0 Å². The normalized spacial score (nSPS) is 11.2. The van der Waals surface area contributed by atoms with Crippen molar-refractivity contribution in [3.63, 3.8) is 0 Å². The van der Waals surface area contributed by atoms with E-state index < -0.39 is 0 Å². The Morgan fingerprint density at radius 3 is 2.88 bits per heavy atom. The first kappa shape index (κ1) is 12.4. The van der Waals surface area contributed by atoms with Crippen molar-refractivity contribution in [1.29, 1.82) is 0 Å². The van der Waals surface area contributed by atoms with Crippen LogP contribution in [0.4, 0.5) is 0 Å². The van der Waals surface area contributed by atoms with E-state index in [0.29, 0.717) is 0 Å². The van der Waals surface area contributed by atoms with Crippen LogP contribution >= 0.6 is 11.6 Å². The van der Waals surface area contributed by atoms with Gasteiger partial charge in [-0.1, -0.05) is 18.5 Å². The van der Waals surface area contributed by atoms with Gasteiger partial charge in [-0.05, 0) is 38.1 Å². The van der Waals surface area contributed by atoms with Gasteiger partial charge in [0.2, 0.25) is 0 Å². The van der Waals surface area contributed by atoms with Gasteiger partial charge >= 0.3 is 0 Å². The summed E-state index contributed by atoms with van der Waals surface area (Å²) in [6.07, 6.45) is 1.14. The van der Waals surface area contributed by atoms with E-state index in [1.807, 2.05) is 18.2 Å². The SMILES string of the molecule is CCCNCc1nc2ccc(Cl)cc2n1CC. The maximum Gasteiger partial charge on any atom is 0.123 e. The van der Waals surface area contributed by atoms with Crippen LogP contribution in [0.1, 0.15) is 26.1 Å². The van der Waals surface area contributed by atoms with Gasteiger partial charge in [0.1, 0.15) is 5.82 Å². The Morgan fingerprint density at radius 2 is 2.18 bits per heavy atom. The molecule has 0 radical (unpaired) electrons. The van der Waals surface area contributed by atoms with Crippen LogP contribution in [0.5, 0.6) is 0 Å². The lowest BCUT2D eigenvalue weighted by molar-refractivity contribution is 0.615. The van der Waals surface area contributed by atoms with Crippen molar-refractivity contribution in [2.45, 2.75) is 33.4 Å². The van der Waals surface area contributed by atoms with Gasteiger partial charge < -0.3 is 9.88 Å². The van der Waals surface area contributed by atoms with Gasteiger partial charge in [0.15, 0.2) is 0 Å². The molecule has 0 saturated carbocycles. The van der Waals surface area contributed by atoms with Gasteiger partial charge in [-0.15, -0.1) is 0 Å². The number of nitrogens with one attached hydrogen (secondary N) is 1. The Bertz CT molecular complexity index is 505. The lowest BCUT2D eigenvalue weighted by Crippen LogP contribution is -2.17. The summed E-state index contributed by atoms with van der Waals surface area (Å²) in [6, 6.07) is 5.85. The number of hydrogen-bond acceptors (Lipinski definition) is 2. The molecule has 0 saturated heterocycles. The monoisotopic (exact) mass is 251 g/mol. The van der Waals surface area contributed by atoms with Crippen molar-refractivity contribution in [3.8, 4) is 0 Å². The number of rotatable bonds is 5. The molecule has 0 fully saturated rings. The fourth-order valence-corrected chi connectivity index (χ4v) is 2.18. The molecule has 0 aliphatic rings. The molecule has 2 rings (SSSR count). The lowest BCUT2D eigenvalue weighted by Gasteiger charge is -2.06. The molecule has 17 heavy (non-hydrogen) atoms. The van der Waals surface area contributed by atoms with Gasteiger partial charge in [0, 0.05) is 11.6 Å². The molecule has 0 spiro atoms. The van der Waals surface area contributed by atoms with Crippen LogP contribution in [0, 0.1) is 0 Å². The molecule has 4 heteroatoms. The summed E-state index contributed by atoms with van der Waals surface area (Å²) >= 11 is 6.03. The third-order valence-corrected chi connectivity index (χ3v) is 3.05. The zero-order chi connectivity index (χ0) is 12.3. The van der Waals surface area contributed by atoms with Crippen LogP contribution in [0.25, 0.3) is 11.0 Å². The van der Waals surface area contributed by atoms with Crippen LogP contribution in [0.15, 0.2) is 18.2 Å². The Hall–Kier alpha value is -1.06. The summed E-state index contributed by atoms with van der Waals surface area (Å²) in [5, 5.41) is 4.15. The van der Waals surface area contributed by atoms with Crippen molar-refractivity contribution in [2.24, 2.45) is 0 Å². The Labute approximate surface area is 107 Å².